The van der Waals surface area contributed by atoms with Crippen LogP contribution in [0.25, 0.3) is 0 Å². The molecule has 0 aromatic carbocycles. The molecule has 0 saturated heterocycles. The molecule has 0 saturated carbocycles. The van der Waals surface area contributed by atoms with E-state index in [1.54, 1.807) is 0 Å². The van der Waals surface area contributed by atoms with Crippen molar-refractivity contribution in [3.8, 4) is 17.7 Å². The fraction of sp³-hybridized carbons (Fsp3) is 0.300. The van der Waals surface area contributed by atoms with Crippen molar-refractivity contribution >= 4 is 17.6 Å². The number of hydrogen-bond acceptors (Lipinski definition) is 5. The summed E-state index contributed by atoms with van der Waals surface area (Å²) >= 11 is 5.58. The Bertz CT molecular complexity index is 451. The molecule has 6 heteroatoms. The molecule has 1 rings (SSSR count). The third-order valence-corrected chi connectivity index (χ3v) is 1.78. The van der Waals surface area contributed by atoms with Crippen LogP contribution in [0.2, 0.25) is 5.28 Å². The maximum Gasteiger partial charge on any atom is 0.317 e. The molecule has 0 unspecified atom stereocenters. The van der Waals surface area contributed by atoms with Gasteiger partial charge < -0.3 is 9.47 Å². The minimum Gasteiger partial charge on any atom is -0.480 e. The Kier molecular flexibility index (Phi) is 4.55. The molecule has 16 heavy (non-hydrogen) atoms. The van der Waals surface area contributed by atoms with Gasteiger partial charge in [-0.3, -0.25) is 4.79 Å². The van der Waals surface area contributed by atoms with Crippen molar-refractivity contribution in [1.82, 2.24) is 9.97 Å². The standard InChI is InChI=1S/C10H9ClN2O3/c1-15-8(14)5-3-4-7-6-12-10(11)13-9(7)16-2/h6H,5H2,1-2H3. The molecule has 0 aliphatic carbocycles. The van der Waals surface area contributed by atoms with Gasteiger partial charge >= 0.3 is 5.97 Å². The largest absolute Gasteiger partial charge is 0.480 e. The molecule has 84 valence electrons. The van der Waals surface area contributed by atoms with Gasteiger partial charge in [0.25, 0.3) is 0 Å². The van der Waals surface area contributed by atoms with Gasteiger partial charge in [0.15, 0.2) is 0 Å². The molecule has 1 heterocycles. The number of carbonyl (C=O) groups excluding carboxylic acids is 1. The summed E-state index contributed by atoms with van der Waals surface area (Å²) in [6.07, 6.45) is 1.43. The van der Waals surface area contributed by atoms with E-state index in [4.69, 9.17) is 16.3 Å². The number of rotatable bonds is 2. The van der Waals surface area contributed by atoms with Crippen LogP contribution in [0.15, 0.2) is 6.20 Å². The lowest BCUT2D eigenvalue weighted by Gasteiger charge is -2.00. The SMILES string of the molecule is COC(=O)CC#Cc1cnc(Cl)nc1OC. The topological polar surface area (TPSA) is 61.3 Å². The Labute approximate surface area is 97.8 Å². The Morgan fingerprint density at radius 3 is 2.94 bits per heavy atom. The van der Waals surface area contributed by atoms with Crippen LogP contribution >= 0.6 is 11.6 Å². The number of nitrogens with zero attached hydrogens (tertiary/aromatic N) is 2. The van der Waals surface area contributed by atoms with Crippen LogP contribution in [0.1, 0.15) is 12.0 Å². The van der Waals surface area contributed by atoms with Crippen LogP contribution in [-0.2, 0) is 9.53 Å². The number of halogens is 1. The van der Waals surface area contributed by atoms with Crippen molar-refractivity contribution in [3.63, 3.8) is 0 Å². The third kappa shape index (κ3) is 3.41. The van der Waals surface area contributed by atoms with E-state index in [1.807, 2.05) is 0 Å². The molecule has 1 aromatic heterocycles. The van der Waals surface area contributed by atoms with Crippen LogP contribution in [0, 0.1) is 11.8 Å². The first-order valence-corrected chi connectivity index (χ1v) is 4.67. The molecule has 0 N–H and O–H groups in total. The molecule has 1 aromatic rings. The number of esters is 1. The lowest BCUT2D eigenvalue weighted by Crippen LogP contribution is -1.97. The van der Waals surface area contributed by atoms with E-state index in [0.717, 1.165) is 0 Å². The van der Waals surface area contributed by atoms with Gasteiger partial charge in [-0.05, 0) is 11.6 Å². The second-order valence-corrected chi connectivity index (χ2v) is 2.95. The zero-order valence-electron chi connectivity index (χ0n) is 8.78. The number of ether oxygens (including phenoxy) is 2. The summed E-state index contributed by atoms with van der Waals surface area (Å²) in [4.78, 5) is 18.4. The van der Waals surface area contributed by atoms with E-state index in [-0.39, 0.29) is 17.6 Å². The summed E-state index contributed by atoms with van der Waals surface area (Å²) in [5.41, 5.74) is 0.468. The molecule has 0 bridgehead atoms. The van der Waals surface area contributed by atoms with Gasteiger partial charge in [0.1, 0.15) is 12.0 Å². The highest BCUT2D eigenvalue weighted by atomic mass is 35.5. The zero-order chi connectivity index (χ0) is 12.0. The molecule has 0 atom stereocenters. The van der Waals surface area contributed by atoms with Gasteiger partial charge in [0.2, 0.25) is 11.2 Å². The first-order chi connectivity index (χ1) is 7.67. The minimum atomic E-state index is -0.402. The average molecular weight is 241 g/mol. The van der Waals surface area contributed by atoms with E-state index in [2.05, 4.69) is 26.5 Å². The Morgan fingerprint density at radius 2 is 2.31 bits per heavy atom. The average Bonchev–Trinajstić information content (AvgIpc) is 2.30. The second-order valence-electron chi connectivity index (χ2n) is 2.62. The number of aromatic nitrogens is 2. The molecule has 0 aliphatic rings. The molecular formula is C10H9ClN2O3. The van der Waals surface area contributed by atoms with Crippen molar-refractivity contribution < 1.29 is 14.3 Å². The quantitative estimate of drug-likeness (QED) is 0.439. The molecule has 0 spiro atoms. The lowest BCUT2D eigenvalue weighted by atomic mass is 10.3. The van der Waals surface area contributed by atoms with E-state index in [9.17, 15) is 4.79 Å². The van der Waals surface area contributed by atoms with Crippen LogP contribution < -0.4 is 4.74 Å². The summed E-state index contributed by atoms with van der Waals surface area (Å²) in [7, 11) is 2.75. The predicted octanol–water partition coefficient (Wildman–Crippen LogP) is 1.05. The lowest BCUT2D eigenvalue weighted by molar-refractivity contribution is -0.139. The van der Waals surface area contributed by atoms with Gasteiger partial charge in [0, 0.05) is 0 Å². The van der Waals surface area contributed by atoms with Crippen molar-refractivity contribution in [3.05, 3.63) is 17.0 Å². The first-order valence-electron chi connectivity index (χ1n) is 4.29. The first kappa shape index (κ1) is 12.3. The maximum absolute atomic E-state index is 10.8. The van der Waals surface area contributed by atoms with E-state index < -0.39 is 5.97 Å². The predicted molar refractivity (Wildman–Crippen MR) is 57.1 cm³/mol. The molecule has 0 fully saturated rings. The van der Waals surface area contributed by atoms with Crippen molar-refractivity contribution in [2.75, 3.05) is 14.2 Å². The van der Waals surface area contributed by atoms with E-state index in [1.165, 1.54) is 20.4 Å². The Hall–Kier alpha value is -1.80. The van der Waals surface area contributed by atoms with Gasteiger partial charge in [-0.1, -0.05) is 11.8 Å². The zero-order valence-corrected chi connectivity index (χ0v) is 9.54. The summed E-state index contributed by atoms with van der Waals surface area (Å²) in [5, 5.41) is 0.0790. The summed E-state index contributed by atoms with van der Waals surface area (Å²) in [6, 6.07) is 0. The molecule has 0 radical (unpaired) electrons. The molecule has 5 nitrogen and oxygen atoms in total. The van der Waals surface area contributed by atoms with Crippen LogP contribution in [0.5, 0.6) is 5.88 Å². The van der Waals surface area contributed by atoms with Crippen molar-refractivity contribution in [1.29, 1.82) is 0 Å². The molecule has 0 aliphatic heterocycles. The summed E-state index contributed by atoms with van der Waals surface area (Å²) in [5.74, 6) is 5.19. The normalized spacial score (nSPS) is 8.94. The second kappa shape index (κ2) is 5.93. The molecule has 0 amide bonds. The molecular weight excluding hydrogens is 232 g/mol. The number of carbonyl (C=O) groups is 1. The monoisotopic (exact) mass is 240 g/mol. The third-order valence-electron chi connectivity index (χ3n) is 1.60. The van der Waals surface area contributed by atoms with Crippen LogP contribution in [-0.4, -0.2) is 30.2 Å². The Morgan fingerprint density at radius 1 is 1.56 bits per heavy atom. The Balaban J connectivity index is 2.84. The number of methoxy groups -OCH3 is 2. The minimum absolute atomic E-state index is 0.00226. The van der Waals surface area contributed by atoms with E-state index in [0.29, 0.717) is 5.56 Å². The fourth-order valence-electron chi connectivity index (χ4n) is 0.871. The summed E-state index contributed by atoms with van der Waals surface area (Å²) in [6.45, 7) is 0. The fourth-order valence-corrected chi connectivity index (χ4v) is 0.997. The van der Waals surface area contributed by atoms with E-state index >= 15 is 0 Å². The van der Waals surface area contributed by atoms with Crippen molar-refractivity contribution in [2.24, 2.45) is 0 Å². The van der Waals surface area contributed by atoms with Gasteiger partial charge in [-0.25, -0.2) is 4.98 Å². The van der Waals surface area contributed by atoms with Crippen molar-refractivity contribution in [2.45, 2.75) is 6.42 Å². The highest BCUT2D eigenvalue weighted by Gasteiger charge is 2.03. The van der Waals surface area contributed by atoms with Gasteiger partial charge in [0.05, 0.1) is 20.4 Å². The van der Waals surface area contributed by atoms with Crippen LogP contribution in [0.3, 0.4) is 0 Å². The maximum atomic E-state index is 10.8. The summed E-state index contributed by atoms with van der Waals surface area (Å²) < 4.78 is 9.39. The van der Waals surface area contributed by atoms with Crippen LogP contribution in [0.4, 0.5) is 0 Å². The highest BCUT2D eigenvalue weighted by molar-refractivity contribution is 6.28. The number of hydrogen-bond donors (Lipinski definition) is 0. The van der Waals surface area contributed by atoms with Gasteiger partial charge in [-0.15, -0.1) is 0 Å². The smallest absolute Gasteiger partial charge is 0.317 e. The van der Waals surface area contributed by atoms with Gasteiger partial charge in [-0.2, -0.15) is 4.98 Å². The highest BCUT2D eigenvalue weighted by Crippen LogP contribution is 2.14.